The van der Waals surface area contributed by atoms with Gasteiger partial charge in [-0.1, -0.05) is 35.1 Å². The van der Waals surface area contributed by atoms with Gasteiger partial charge in [-0.2, -0.15) is 0 Å². The number of pyridine rings is 1. The number of imidazole rings is 1. The second-order valence-electron chi connectivity index (χ2n) is 9.96. The van der Waals surface area contributed by atoms with Crippen LogP contribution in [-0.4, -0.2) is 44.1 Å². The van der Waals surface area contributed by atoms with Crippen LogP contribution >= 0.6 is 22.9 Å². The summed E-state index contributed by atoms with van der Waals surface area (Å²) in [4.78, 5) is 28.8. The summed E-state index contributed by atoms with van der Waals surface area (Å²) < 4.78 is 17.7. The van der Waals surface area contributed by atoms with E-state index in [0.29, 0.717) is 26.8 Å². The van der Waals surface area contributed by atoms with Crippen LogP contribution in [0.3, 0.4) is 0 Å². The monoisotopic (exact) mass is 538 g/mol. The Morgan fingerprint density at radius 2 is 2.03 bits per heavy atom. The van der Waals surface area contributed by atoms with Crippen molar-refractivity contribution < 1.29 is 9.18 Å². The van der Waals surface area contributed by atoms with Crippen molar-refractivity contribution >= 4 is 45.7 Å². The van der Waals surface area contributed by atoms with E-state index in [4.69, 9.17) is 21.6 Å². The third kappa shape index (κ3) is 4.70. The summed E-state index contributed by atoms with van der Waals surface area (Å²) in [6.45, 7) is 3.21. The second kappa shape index (κ2) is 10.0. The van der Waals surface area contributed by atoms with E-state index in [1.807, 2.05) is 12.3 Å². The summed E-state index contributed by atoms with van der Waals surface area (Å²) in [7, 11) is 0. The highest BCUT2D eigenvalue weighted by molar-refractivity contribution is 7.17. The Labute approximate surface area is 223 Å². The van der Waals surface area contributed by atoms with E-state index in [1.54, 1.807) is 12.1 Å². The fraction of sp³-hybridized carbons (Fsp3) is 0.407. The lowest BCUT2D eigenvalue weighted by Crippen LogP contribution is -2.39. The van der Waals surface area contributed by atoms with Gasteiger partial charge in [0, 0.05) is 30.7 Å². The van der Waals surface area contributed by atoms with E-state index in [2.05, 4.69) is 32.8 Å². The number of anilines is 1. The minimum atomic E-state index is -0.304. The molecule has 1 N–H and O–H groups in total. The molecule has 1 saturated heterocycles. The standard InChI is InChI=1S/C27H28ClFN6OS/c1-16-6-5-11-34(16)24-13-22-21(14-30-24)33-25(19-9-2-3-10-20(19)29)35(22)18-8-4-7-17(12-18)32-26(36)27-31-15-23(28)37-27/h2-3,9-10,13-18H,4-8,11-12H2,1H3,(H,32,36)/t16-,17+,18-/m1/s1. The zero-order valence-corrected chi connectivity index (χ0v) is 22.1. The predicted octanol–water partition coefficient (Wildman–Crippen LogP) is 6.25. The Hall–Kier alpha value is -3.04. The number of halogens is 2. The molecule has 37 heavy (non-hydrogen) atoms. The summed E-state index contributed by atoms with van der Waals surface area (Å²) in [5.74, 6) is 1.02. The van der Waals surface area contributed by atoms with Gasteiger partial charge in [0.15, 0.2) is 5.01 Å². The van der Waals surface area contributed by atoms with Gasteiger partial charge in [0.2, 0.25) is 0 Å². The fourth-order valence-electron chi connectivity index (χ4n) is 5.76. The Kier molecular flexibility index (Phi) is 6.58. The maximum Gasteiger partial charge on any atom is 0.280 e. The molecule has 0 spiro atoms. The average molecular weight is 539 g/mol. The summed E-state index contributed by atoms with van der Waals surface area (Å²) >= 11 is 7.15. The average Bonchev–Trinajstić information content (AvgIpc) is 3.62. The van der Waals surface area contributed by atoms with Crippen LogP contribution in [0.4, 0.5) is 10.2 Å². The van der Waals surface area contributed by atoms with Gasteiger partial charge in [0.25, 0.3) is 5.91 Å². The number of benzene rings is 1. The summed E-state index contributed by atoms with van der Waals surface area (Å²) in [5, 5.41) is 3.51. The number of hydrogen-bond donors (Lipinski definition) is 1. The Morgan fingerprint density at radius 3 is 2.78 bits per heavy atom. The van der Waals surface area contributed by atoms with Crippen LogP contribution in [0.1, 0.15) is 61.3 Å². The van der Waals surface area contributed by atoms with Gasteiger partial charge in [0.1, 0.15) is 27.3 Å². The number of carbonyl (C=O) groups is 1. The topological polar surface area (TPSA) is 75.9 Å². The third-order valence-electron chi connectivity index (χ3n) is 7.54. The van der Waals surface area contributed by atoms with Gasteiger partial charge < -0.3 is 14.8 Å². The maximum atomic E-state index is 15.0. The molecule has 6 rings (SSSR count). The van der Waals surface area contributed by atoms with Crippen molar-refractivity contribution in [1.82, 2.24) is 24.8 Å². The van der Waals surface area contributed by atoms with Gasteiger partial charge >= 0.3 is 0 Å². The minimum Gasteiger partial charge on any atom is -0.354 e. The molecule has 0 radical (unpaired) electrons. The van der Waals surface area contributed by atoms with Gasteiger partial charge in [-0.25, -0.2) is 19.3 Å². The van der Waals surface area contributed by atoms with E-state index in [0.717, 1.165) is 61.9 Å². The Bertz CT molecular complexity index is 1450. The molecule has 7 nitrogen and oxygen atoms in total. The first-order chi connectivity index (χ1) is 18.0. The number of rotatable bonds is 5. The highest BCUT2D eigenvalue weighted by Gasteiger charge is 2.30. The van der Waals surface area contributed by atoms with E-state index >= 15 is 4.39 Å². The van der Waals surface area contributed by atoms with E-state index in [1.165, 1.54) is 23.6 Å². The van der Waals surface area contributed by atoms with Crippen molar-refractivity contribution in [3.63, 3.8) is 0 Å². The van der Waals surface area contributed by atoms with Crippen LogP contribution in [0.2, 0.25) is 4.34 Å². The molecule has 0 bridgehead atoms. The molecule has 2 fully saturated rings. The van der Waals surface area contributed by atoms with Crippen molar-refractivity contribution in [2.45, 2.75) is 63.6 Å². The lowest BCUT2D eigenvalue weighted by Gasteiger charge is -2.32. The summed E-state index contributed by atoms with van der Waals surface area (Å²) in [5.41, 5.74) is 2.17. The largest absolute Gasteiger partial charge is 0.354 e. The predicted molar refractivity (Wildman–Crippen MR) is 145 cm³/mol. The van der Waals surface area contributed by atoms with Crippen LogP contribution in [0.25, 0.3) is 22.4 Å². The lowest BCUT2D eigenvalue weighted by molar-refractivity contribution is 0.0920. The maximum absolute atomic E-state index is 15.0. The van der Waals surface area contributed by atoms with Crippen LogP contribution in [-0.2, 0) is 0 Å². The molecule has 1 amide bonds. The number of fused-ring (bicyclic) bond motifs is 1. The first-order valence-corrected chi connectivity index (χ1v) is 14.0. The van der Waals surface area contributed by atoms with Gasteiger partial charge in [0.05, 0.1) is 23.5 Å². The highest BCUT2D eigenvalue weighted by atomic mass is 35.5. The quantitative estimate of drug-likeness (QED) is 0.325. The molecule has 2 aliphatic rings. The molecule has 4 heterocycles. The molecular weight excluding hydrogens is 511 g/mol. The summed E-state index contributed by atoms with van der Waals surface area (Å²) in [6.07, 6.45) is 9.05. The third-order valence-corrected chi connectivity index (χ3v) is 8.66. The molecular formula is C27H28ClFN6OS. The number of thiazole rings is 1. The first kappa shape index (κ1) is 24.3. The van der Waals surface area contributed by atoms with Crippen molar-refractivity contribution in [3.05, 3.63) is 57.9 Å². The fourth-order valence-corrected chi connectivity index (χ4v) is 6.57. The SMILES string of the molecule is C[C@@H]1CCCN1c1cc2c(cn1)nc(-c1ccccc1F)n2[C@@H]1CCC[C@H](NC(=O)c2ncc(Cl)s2)C1. The molecule has 1 aliphatic carbocycles. The number of aromatic nitrogens is 4. The second-order valence-corrected chi connectivity index (χ2v) is 11.6. The van der Waals surface area contributed by atoms with Gasteiger partial charge in [-0.3, -0.25) is 4.79 Å². The molecule has 3 atom stereocenters. The van der Waals surface area contributed by atoms with Crippen LogP contribution in [0, 0.1) is 5.82 Å². The first-order valence-electron chi connectivity index (χ1n) is 12.8. The van der Waals surface area contributed by atoms with Gasteiger partial charge in [-0.05, 0) is 57.6 Å². The smallest absolute Gasteiger partial charge is 0.280 e. The zero-order valence-electron chi connectivity index (χ0n) is 20.5. The number of nitrogens with zero attached hydrogens (tertiary/aromatic N) is 5. The molecule has 192 valence electrons. The van der Waals surface area contributed by atoms with Crippen molar-refractivity contribution in [1.29, 1.82) is 0 Å². The lowest BCUT2D eigenvalue weighted by atomic mass is 9.90. The van der Waals surface area contributed by atoms with Crippen LogP contribution < -0.4 is 10.2 Å². The zero-order chi connectivity index (χ0) is 25.5. The van der Waals surface area contributed by atoms with E-state index < -0.39 is 0 Å². The molecule has 1 aliphatic heterocycles. The molecule has 3 aromatic heterocycles. The van der Waals surface area contributed by atoms with E-state index in [9.17, 15) is 4.79 Å². The van der Waals surface area contributed by atoms with Crippen molar-refractivity contribution in [2.24, 2.45) is 0 Å². The van der Waals surface area contributed by atoms with Crippen LogP contribution in [0.5, 0.6) is 0 Å². The van der Waals surface area contributed by atoms with E-state index in [-0.39, 0.29) is 23.8 Å². The van der Waals surface area contributed by atoms with Crippen LogP contribution in [0.15, 0.2) is 42.7 Å². The molecule has 1 saturated carbocycles. The van der Waals surface area contributed by atoms with Crippen molar-refractivity contribution in [3.8, 4) is 11.4 Å². The molecule has 10 heteroatoms. The molecule has 4 aromatic rings. The van der Waals surface area contributed by atoms with Crippen molar-refractivity contribution in [2.75, 3.05) is 11.4 Å². The number of nitrogens with one attached hydrogen (secondary N) is 1. The normalized spacial score (nSPS) is 22.0. The molecule has 0 unspecified atom stereocenters. The number of carbonyl (C=O) groups excluding carboxylic acids is 1. The molecule has 1 aromatic carbocycles. The summed E-state index contributed by atoms with van der Waals surface area (Å²) in [6, 6.07) is 9.33. The highest BCUT2D eigenvalue weighted by Crippen LogP contribution is 2.38. The number of hydrogen-bond acceptors (Lipinski definition) is 6. The number of amides is 1. The minimum absolute atomic E-state index is 0.0280. The van der Waals surface area contributed by atoms with Gasteiger partial charge in [-0.15, -0.1) is 0 Å². The Morgan fingerprint density at radius 1 is 1.16 bits per heavy atom. The Balaban J connectivity index is 1.38.